The summed E-state index contributed by atoms with van der Waals surface area (Å²) in [5.74, 6) is 1.81. The van der Waals surface area contributed by atoms with Crippen LogP contribution in [0.2, 0.25) is 0 Å². The Labute approximate surface area is 140 Å². The highest BCUT2D eigenvalue weighted by molar-refractivity contribution is 14.0. The lowest BCUT2D eigenvalue weighted by Gasteiger charge is -2.28. The molecule has 2 rings (SSSR count). The largest absolute Gasteiger partial charge is 0.396 e. The SMILES string of the molecule is CCNC(=NCC1(CO)CC1)NC1CCC(C)CC1.I. The van der Waals surface area contributed by atoms with Crippen molar-refractivity contribution in [3.63, 3.8) is 0 Å². The van der Waals surface area contributed by atoms with Crippen LogP contribution < -0.4 is 10.6 Å². The molecule has 0 heterocycles. The molecule has 5 heteroatoms. The van der Waals surface area contributed by atoms with Crippen molar-refractivity contribution < 1.29 is 5.11 Å². The molecule has 0 aromatic rings. The first-order valence-electron chi connectivity index (χ1n) is 7.83. The van der Waals surface area contributed by atoms with Crippen LogP contribution in [-0.2, 0) is 0 Å². The van der Waals surface area contributed by atoms with E-state index in [1.165, 1.54) is 25.7 Å². The second kappa shape index (κ2) is 8.41. The average Bonchev–Trinajstić information content (AvgIpc) is 3.20. The van der Waals surface area contributed by atoms with Crippen LogP contribution in [0.4, 0.5) is 0 Å². The summed E-state index contributed by atoms with van der Waals surface area (Å²) < 4.78 is 0. The molecule has 0 aliphatic heterocycles. The topological polar surface area (TPSA) is 56.7 Å². The van der Waals surface area contributed by atoms with Crippen LogP contribution in [-0.4, -0.2) is 36.8 Å². The molecule has 0 saturated heterocycles. The molecule has 2 fully saturated rings. The van der Waals surface area contributed by atoms with E-state index in [-0.39, 0.29) is 36.0 Å². The van der Waals surface area contributed by atoms with Gasteiger partial charge in [-0.15, -0.1) is 24.0 Å². The lowest BCUT2D eigenvalue weighted by Crippen LogP contribution is -2.45. The highest BCUT2D eigenvalue weighted by Crippen LogP contribution is 2.45. The van der Waals surface area contributed by atoms with Crippen LogP contribution in [0.3, 0.4) is 0 Å². The van der Waals surface area contributed by atoms with E-state index in [9.17, 15) is 5.11 Å². The van der Waals surface area contributed by atoms with Gasteiger partial charge in [0.1, 0.15) is 0 Å². The van der Waals surface area contributed by atoms with E-state index in [0.29, 0.717) is 6.04 Å². The van der Waals surface area contributed by atoms with Gasteiger partial charge in [0.25, 0.3) is 0 Å². The Kier molecular flexibility index (Phi) is 7.58. The van der Waals surface area contributed by atoms with E-state index in [2.05, 4.69) is 29.5 Å². The van der Waals surface area contributed by atoms with Gasteiger partial charge in [-0.1, -0.05) is 6.92 Å². The molecule has 0 aromatic heterocycles. The molecule has 3 N–H and O–H groups in total. The van der Waals surface area contributed by atoms with Crippen LogP contribution in [0.25, 0.3) is 0 Å². The number of hydrogen-bond donors (Lipinski definition) is 3. The number of halogens is 1. The summed E-state index contributed by atoms with van der Waals surface area (Å²) in [5.41, 5.74) is 0.101. The summed E-state index contributed by atoms with van der Waals surface area (Å²) in [4.78, 5) is 4.67. The zero-order valence-electron chi connectivity index (χ0n) is 12.8. The van der Waals surface area contributed by atoms with Gasteiger partial charge >= 0.3 is 0 Å². The van der Waals surface area contributed by atoms with Crippen LogP contribution >= 0.6 is 24.0 Å². The Bertz CT molecular complexity index is 310. The fraction of sp³-hybridized carbons (Fsp3) is 0.933. The molecule has 2 saturated carbocycles. The first-order chi connectivity index (χ1) is 9.17. The van der Waals surface area contributed by atoms with Crippen LogP contribution in [0.1, 0.15) is 52.4 Å². The van der Waals surface area contributed by atoms with Gasteiger partial charge < -0.3 is 15.7 Å². The third-order valence-electron chi connectivity index (χ3n) is 4.57. The number of aliphatic hydroxyl groups excluding tert-OH is 1. The van der Waals surface area contributed by atoms with Crippen molar-refractivity contribution in [2.75, 3.05) is 19.7 Å². The van der Waals surface area contributed by atoms with E-state index in [0.717, 1.165) is 37.8 Å². The third kappa shape index (κ3) is 5.39. The van der Waals surface area contributed by atoms with Crippen LogP contribution in [0, 0.1) is 11.3 Å². The molecular formula is C15H30IN3O. The summed E-state index contributed by atoms with van der Waals surface area (Å²) in [6, 6.07) is 0.568. The van der Waals surface area contributed by atoms with Gasteiger partial charge in [-0.05, 0) is 51.4 Å². The molecule has 118 valence electrons. The van der Waals surface area contributed by atoms with E-state index in [1.54, 1.807) is 0 Å². The number of hydrogen-bond acceptors (Lipinski definition) is 2. The smallest absolute Gasteiger partial charge is 0.191 e. The van der Waals surface area contributed by atoms with E-state index in [1.807, 2.05) is 0 Å². The average molecular weight is 395 g/mol. The fourth-order valence-corrected chi connectivity index (χ4v) is 2.71. The number of guanidine groups is 1. The van der Waals surface area contributed by atoms with Crippen LogP contribution in [0.15, 0.2) is 4.99 Å². The molecule has 0 aromatic carbocycles. The van der Waals surface area contributed by atoms with Crippen molar-refractivity contribution >= 4 is 29.9 Å². The fourth-order valence-electron chi connectivity index (χ4n) is 2.71. The summed E-state index contributed by atoms with van der Waals surface area (Å²) in [7, 11) is 0. The van der Waals surface area contributed by atoms with Gasteiger partial charge in [0.2, 0.25) is 0 Å². The zero-order chi connectivity index (χ0) is 13.7. The summed E-state index contributed by atoms with van der Waals surface area (Å²) in [5, 5.41) is 16.2. The Morgan fingerprint density at radius 3 is 2.40 bits per heavy atom. The number of nitrogens with zero attached hydrogens (tertiary/aromatic N) is 1. The third-order valence-corrected chi connectivity index (χ3v) is 4.57. The van der Waals surface area contributed by atoms with Crippen molar-refractivity contribution in [2.24, 2.45) is 16.3 Å². The quantitative estimate of drug-likeness (QED) is 0.381. The lowest BCUT2D eigenvalue weighted by molar-refractivity contribution is 0.216. The molecule has 0 atom stereocenters. The van der Waals surface area contributed by atoms with Crippen molar-refractivity contribution in [1.82, 2.24) is 10.6 Å². The Hall–Kier alpha value is -0.0400. The summed E-state index contributed by atoms with van der Waals surface area (Å²) >= 11 is 0. The lowest BCUT2D eigenvalue weighted by atomic mass is 9.87. The van der Waals surface area contributed by atoms with E-state index >= 15 is 0 Å². The molecule has 4 nitrogen and oxygen atoms in total. The van der Waals surface area contributed by atoms with Gasteiger partial charge in [0, 0.05) is 18.0 Å². The molecule has 2 aliphatic rings. The maximum absolute atomic E-state index is 9.34. The molecule has 0 bridgehead atoms. The maximum atomic E-state index is 9.34. The number of aliphatic imine (C=N–C) groups is 1. The molecule has 0 amide bonds. The zero-order valence-corrected chi connectivity index (χ0v) is 15.2. The first kappa shape index (κ1) is 18.0. The molecule has 0 spiro atoms. The highest BCUT2D eigenvalue weighted by Gasteiger charge is 2.41. The predicted octanol–water partition coefficient (Wildman–Crippen LogP) is 2.51. The molecule has 0 radical (unpaired) electrons. The second-order valence-corrected chi connectivity index (χ2v) is 6.45. The minimum absolute atomic E-state index is 0. The van der Waals surface area contributed by atoms with Crippen LogP contribution in [0.5, 0.6) is 0 Å². The first-order valence-corrected chi connectivity index (χ1v) is 7.83. The summed E-state index contributed by atoms with van der Waals surface area (Å²) in [6.07, 6.45) is 7.36. The standard InChI is InChI=1S/C15H29N3O.HI/c1-3-16-14(17-10-15(11-19)8-9-15)18-13-6-4-12(2)5-7-13;/h12-13,19H,3-11H2,1-2H3,(H2,16,17,18);1H. The molecule has 2 aliphatic carbocycles. The van der Waals surface area contributed by atoms with Crippen molar-refractivity contribution in [3.8, 4) is 0 Å². The number of aliphatic hydroxyl groups is 1. The monoisotopic (exact) mass is 395 g/mol. The normalized spacial score (nSPS) is 28.4. The number of nitrogens with one attached hydrogen (secondary N) is 2. The highest BCUT2D eigenvalue weighted by atomic mass is 127. The van der Waals surface area contributed by atoms with Gasteiger partial charge in [-0.3, -0.25) is 4.99 Å². The van der Waals surface area contributed by atoms with Crippen molar-refractivity contribution in [2.45, 2.75) is 58.4 Å². The molecular weight excluding hydrogens is 365 g/mol. The molecule has 20 heavy (non-hydrogen) atoms. The van der Waals surface area contributed by atoms with Gasteiger partial charge in [0.05, 0.1) is 13.2 Å². The number of rotatable bonds is 5. The second-order valence-electron chi connectivity index (χ2n) is 6.45. The Morgan fingerprint density at radius 1 is 1.25 bits per heavy atom. The predicted molar refractivity (Wildman–Crippen MR) is 94.7 cm³/mol. The minimum Gasteiger partial charge on any atom is -0.396 e. The van der Waals surface area contributed by atoms with Gasteiger partial charge in [-0.25, -0.2) is 0 Å². The Morgan fingerprint density at radius 2 is 1.90 bits per heavy atom. The van der Waals surface area contributed by atoms with Gasteiger partial charge in [0.15, 0.2) is 5.96 Å². The Balaban J connectivity index is 0.00000200. The van der Waals surface area contributed by atoms with Crippen molar-refractivity contribution in [3.05, 3.63) is 0 Å². The maximum Gasteiger partial charge on any atom is 0.191 e. The minimum atomic E-state index is 0. The van der Waals surface area contributed by atoms with Gasteiger partial charge in [-0.2, -0.15) is 0 Å². The van der Waals surface area contributed by atoms with Crippen molar-refractivity contribution in [1.29, 1.82) is 0 Å². The van der Waals surface area contributed by atoms with E-state index in [4.69, 9.17) is 0 Å². The molecule has 0 unspecified atom stereocenters. The van der Waals surface area contributed by atoms with E-state index < -0.39 is 0 Å². The summed E-state index contributed by atoms with van der Waals surface area (Å²) in [6.45, 7) is 6.35.